The van der Waals surface area contributed by atoms with Gasteiger partial charge in [0, 0.05) is 30.7 Å². The third kappa shape index (κ3) is 3.66. The number of rotatable bonds is 5. The molecule has 0 amide bonds. The Morgan fingerprint density at radius 3 is 3.00 bits per heavy atom. The van der Waals surface area contributed by atoms with Crippen LogP contribution in [0.3, 0.4) is 0 Å². The van der Waals surface area contributed by atoms with E-state index in [0.29, 0.717) is 6.54 Å². The molecule has 1 aliphatic heterocycles. The number of aromatic nitrogens is 1. The van der Waals surface area contributed by atoms with Crippen LogP contribution in [0.4, 0.5) is 5.13 Å². The van der Waals surface area contributed by atoms with Crippen LogP contribution in [-0.4, -0.2) is 38.3 Å². The van der Waals surface area contributed by atoms with Crippen molar-refractivity contribution in [3.63, 3.8) is 0 Å². The fourth-order valence-electron chi connectivity index (χ4n) is 2.14. The number of anilines is 1. The van der Waals surface area contributed by atoms with Crippen LogP contribution in [0.1, 0.15) is 20.3 Å². The predicted molar refractivity (Wildman–Crippen MR) is 74.5 cm³/mol. The molecule has 2 rings (SSSR count). The van der Waals surface area contributed by atoms with Crippen molar-refractivity contribution in [2.75, 3.05) is 23.7 Å². The van der Waals surface area contributed by atoms with Crippen molar-refractivity contribution < 1.29 is 8.42 Å². The van der Waals surface area contributed by atoms with Crippen LogP contribution < -0.4 is 9.62 Å². The van der Waals surface area contributed by atoms with Gasteiger partial charge in [-0.1, -0.05) is 13.8 Å². The van der Waals surface area contributed by atoms with Gasteiger partial charge in [0.25, 0.3) is 0 Å². The number of nitrogens with one attached hydrogen (secondary N) is 1. The fourth-order valence-corrected chi connectivity index (χ4v) is 4.50. The van der Waals surface area contributed by atoms with E-state index in [1.165, 1.54) is 0 Å². The van der Waals surface area contributed by atoms with Crippen LogP contribution in [0.2, 0.25) is 0 Å². The zero-order chi connectivity index (χ0) is 13.2. The maximum Gasteiger partial charge on any atom is 0.212 e. The van der Waals surface area contributed by atoms with E-state index in [9.17, 15) is 8.42 Å². The summed E-state index contributed by atoms with van der Waals surface area (Å²) in [7, 11) is -3.15. The smallest absolute Gasteiger partial charge is 0.212 e. The summed E-state index contributed by atoms with van der Waals surface area (Å²) in [5, 5.41) is 2.91. The topological polar surface area (TPSA) is 62.3 Å². The van der Waals surface area contributed by atoms with E-state index in [-0.39, 0.29) is 17.7 Å². The number of nitrogens with zero attached hydrogens (tertiary/aromatic N) is 2. The van der Waals surface area contributed by atoms with Crippen LogP contribution >= 0.6 is 11.3 Å². The molecule has 1 atom stereocenters. The average Bonchev–Trinajstić information content (AvgIpc) is 2.82. The van der Waals surface area contributed by atoms with Crippen molar-refractivity contribution in [2.45, 2.75) is 26.3 Å². The molecule has 1 saturated heterocycles. The van der Waals surface area contributed by atoms with E-state index in [2.05, 4.69) is 14.6 Å². The van der Waals surface area contributed by atoms with Gasteiger partial charge in [0.1, 0.15) is 0 Å². The molecule has 2 heterocycles. The third-order valence-corrected chi connectivity index (χ3v) is 5.41. The highest BCUT2D eigenvalue weighted by molar-refractivity contribution is 7.89. The van der Waals surface area contributed by atoms with E-state index in [4.69, 9.17) is 0 Å². The Balaban J connectivity index is 1.90. The number of sulfonamides is 1. The summed E-state index contributed by atoms with van der Waals surface area (Å²) in [4.78, 5) is 6.38. The lowest BCUT2D eigenvalue weighted by Gasteiger charge is -2.16. The summed E-state index contributed by atoms with van der Waals surface area (Å²) in [6, 6.07) is 0.0117. The Labute approximate surface area is 112 Å². The molecule has 7 heteroatoms. The minimum atomic E-state index is -3.15. The molecule has 0 radical (unpaired) electrons. The molecule has 0 aliphatic carbocycles. The zero-order valence-electron chi connectivity index (χ0n) is 10.7. The molecule has 102 valence electrons. The van der Waals surface area contributed by atoms with E-state index in [1.54, 1.807) is 17.5 Å². The van der Waals surface area contributed by atoms with Gasteiger partial charge in [-0.05, 0) is 12.3 Å². The van der Waals surface area contributed by atoms with Crippen molar-refractivity contribution in [1.29, 1.82) is 0 Å². The molecule has 0 unspecified atom stereocenters. The summed E-state index contributed by atoms with van der Waals surface area (Å²) in [6.45, 7) is 5.40. The molecule has 1 aromatic heterocycles. The number of hydrogen-bond donors (Lipinski definition) is 1. The zero-order valence-corrected chi connectivity index (χ0v) is 12.3. The highest BCUT2D eigenvalue weighted by Crippen LogP contribution is 2.22. The summed E-state index contributed by atoms with van der Waals surface area (Å²) >= 11 is 1.59. The molecular weight excluding hydrogens is 270 g/mol. The van der Waals surface area contributed by atoms with Gasteiger partial charge in [-0.25, -0.2) is 18.1 Å². The lowest BCUT2D eigenvalue weighted by molar-refractivity contribution is 0.550. The summed E-state index contributed by atoms with van der Waals surface area (Å²) < 4.78 is 26.5. The second-order valence-electron chi connectivity index (χ2n) is 5.04. The van der Waals surface area contributed by atoms with Crippen molar-refractivity contribution in [3.05, 3.63) is 11.6 Å². The van der Waals surface area contributed by atoms with Crippen molar-refractivity contribution in [1.82, 2.24) is 9.71 Å². The molecule has 1 aliphatic rings. The number of thiazole rings is 1. The summed E-state index contributed by atoms with van der Waals surface area (Å²) in [5.41, 5.74) is 0. The van der Waals surface area contributed by atoms with Crippen LogP contribution in [0.15, 0.2) is 11.6 Å². The summed E-state index contributed by atoms with van der Waals surface area (Å²) in [6.07, 6.45) is 2.62. The van der Waals surface area contributed by atoms with E-state index < -0.39 is 10.0 Å². The van der Waals surface area contributed by atoms with Crippen LogP contribution in [0, 0.1) is 5.92 Å². The molecule has 0 saturated carbocycles. The fraction of sp³-hybridized carbons (Fsp3) is 0.727. The quantitative estimate of drug-likeness (QED) is 0.887. The predicted octanol–water partition coefficient (Wildman–Crippen LogP) is 1.30. The van der Waals surface area contributed by atoms with Gasteiger partial charge in [0.2, 0.25) is 10.0 Å². The summed E-state index contributed by atoms with van der Waals surface area (Å²) in [5.74, 6) is 0.347. The molecule has 0 spiro atoms. The Bertz CT molecular complexity index is 470. The first-order chi connectivity index (χ1) is 8.46. The van der Waals surface area contributed by atoms with Gasteiger partial charge < -0.3 is 4.90 Å². The monoisotopic (exact) mass is 289 g/mol. The second-order valence-corrected chi connectivity index (χ2v) is 7.71. The average molecular weight is 289 g/mol. The molecular formula is C11H19N3O2S2. The van der Waals surface area contributed by atoms with Crippen molar-refractivity contribution >= 4 is 26.5 Å². The maximum atomic E-state index is 11.8. The molecule has 1 fully saturated rings. The van der Waals surface area contributed by atoms with E-state index >= 15 is 0 Å². The first-order valence-corrected chi connectivity index (χ1v) is 8.64. The molecule has 5 nitrogen and oxygen atoms in total. The van der Waals surface area contributed by atoms with Gasteiger partial charge in [-0.2, -0.15) is 0 Å². The standard InChI is InChI=1S/C11H19N3O2S2/c1-9(2)8-18(15,16)13-10-3-5-14(7-10)11-12-4-6-17-11/h4,6,9-10,13H,3,5,7-8H2,1-2H3/t10-/m0/s1. The van der Waals surface area contributed by atoms with Gasteiger partial charge in [0.15, 0.2) is 5.13 Å². The van der Waals surface area contributed by atoms with Crippen LogP contribution in [-0.2, 0) is 10.0 Å². The highest BCUT2D eigenvalue weighted by Gasteiger charge is 2.27. The largest absolute Gasteiger partial charge is 0.346 e. The van der Waals surface area contributed by atoms with Gasteiger partial charge >= 0.3 is 0 Å². The highest BCUT2D eigenvalue weighted by atomic mass is 32.2. The number of hydrogen-bond acceptors (Lipinski definition) is 5. The first kappa shape index (κ1) is 13.8. The lowest BCUT2D eigenvalue weighted by atomic mass is 10.3. The maximum absolute atomic E-state index is 11.8. The van der Waals surface area contributed by atoms with Gasteiger partial charge in [-0.3, -0.25) is 0 Å². The third-order valence-electron chi connectivity index (χ3n) is 2.78. The van der Waals surface area contributed by atoms with Crippen molar-refractivity contribution in [2.24, 2.45) is 5.92 Å². The minimum Gasteiger partial charge on any atom is -0.346 e. The van der Waals surface area contributed by atoms with E-state index in [1.807, 2.05) is 19.2 Å². The normalized spacial score (nSPS) is 20.8. The Morgan fingerprint density at radius 2 is 2.39 bits per heavy atom. The molecule has 1 aromatic rings. The molecule has 1 N–H and O–H groups in total. The minimum absolute atomic E-state index is 0.0117. The second kappa shape index (κ2) is 5.54. The van der Waals surface area contributed by atoms with Crippen molar-refractivity contribution in [3.8, 4) is 0 Å². The van der Waals surface area contributed by atoms with Gasteiger partial charge in [0.05, 0.1) is 5.75 Å². The Morgan fingerprint density at radius 1 is 1.61 bits per heavy atom. The Kier molecular flexibility index (Phi) is 4.24. The van der Waals surface area contributed by atoms with E-state index in [0.717, 1.165) is 18.1 Å². The Hall–Kier alpha value is -0.660. The molecule has 0 bridgehead atoms. The SMILES string of the molecule is CC(C)CS(=O)(=O)N[C@H]1CCN(c2nccs2)C1. The first-order valence-electron chi connectivity index (χ1n) is 6.11. The van der Waals surface area contributed by atoms with Crippen LogP contribution in [0.25, 0.3) is 0 Å². The van der Waals surface area contributed by atoms with Crippen LogP contribution in [0.5, 0.6) is 0 Å². The lowest BCUT2D eigenvalue weighted by Crippen LogP contribution is -2.39. The van der Waals surface area contributed by atoms with Gasteiger partial charge in [-0.15, -0.1) is 11.3 Å². The molecule has 0 aromatic carbocycles. The molecule has 18 heavy (non-hydrogen) atoms.